The van der Waals surface area contributed by atoms with E-state index in [2.05, 4.69) is 10.00 Å². The zero-order chi connectivity index (χ0) is 13.3. The number of carbonyl (C=O) groups is 2. The van der Waals surface area contributed by atoms with E-state index in [1.165, 1.54) is 11.6 Å². The van der Waals surface area contributed by atoms with Crippen molar-refractivity contribution < 1.29 is 9.59 Å². The number of amides is 1. The summed E-state index contributed by atoms with van der Waals surface area (Å²) in [6.07, 6.45) is 0. The van der Waals surface area contributed by atoms with Crippen LogP contribution in [0.5, 0.6) is 0 Å². The standard InChI is InChI=1S/C12H18N4O2/c1-9(17)10-8-11(15(3)13-10)12(18)16-6-4-14(2)5-7-16/h8H,4-7H2,1-3H3. The van der Waals surface area contributed by atoms with Crippen molar-refractivity contribution in [1.82, 2.24) is 19.6 Å². The van der Waals surface area contributed by atoms with Crippen molar-refractivity contribution in [3.05, 3.63) is 17.5 Å². The summed E-state index contributed by atoms with van der Waals surface area (Å²) in [6, 6.07) is 1.57. The summed E-state index contributed by atoms with van der Waals surface area (Å²) in [5.74, 6) is -0.173. The van der Waals surface area contributed by atoms with Crippen LogP contribution in [0.3, 0.4) is 0 Å². The molecule has 6 heteroatoms. The van der Waals surface area contributed by atoms with Crippen molar-refractivity contribution in [2.75, 3.05) is 33.2 Å². The number of aryl methyl sites for hydroxylation is 1. The lowest BCUT2D eigenvalue weighted by Crippen LogP contribution is -2.47. The first-order valence-electron chi connectivity index (χ1n) is 6.02. The molecular weight excluding hydrogens is 232 g/mol. The first-order valence-corrected chi connectivity index (χ1v) is 6.02. The predicted octanol–water partition coefficient (Wildman–Crippen LogP) is 0.0103. The van der Waals surface area contributed by atoms with E-state index < -0.39 is 0 Å². The Bertz CT molecular complexity index is 472. The van der Waals surface area contributed by atoms with Gasteiger partial charge < -0.3 is 9.80 Å². The van der Waals surface area contributed by atoms with E-state index in [1.54, 1.807) is 18.0 Å². The second-order valence-corrected chi connectivity index (χ2v) is 4.69. The van der Waals surface area contributed by atoms with Crippen molar-refractivity contribution in [1.29, 1.82) is 0 Å². The third-order valence-corrected chi connectivity index (χ3v) is 3.25. The summed E-state index contributed by atoms with van der Waals surface area (Å²) in [7, 11) is 3.73. The van der Waals surface area contributed by atoms with Crippen LogP contribution in [-0.2, 0) is 7.05 Å². The molecule has 0 saturated carbocycles. The van der Waals surface area contributed by atoms with Gasteiger partial charge in [0.1, 0.15) is 11.4 Å². The number of carbonyl (C=O) groups excluding carboxylic acids is 2. The van der Waals surface area contributed by atoms with E-state index in [0.717, 1.165) is 26.2 Å². The average Bonchev–Trinajstić information content (AvgIpc) is 2.71. The monoisotopic (exact) mass is 250 g/mol. The smallest absolute Gasteiger partial charge is 0.272 e. The minimum absolute atomic E-state index is 0.0504. The fraction of sp³-hybridized carbons (Fsp3) is 0.583. The molecule has 0 atom stereocenters. The number of hydrogen-bond acceptors (Lipinski definition) is 4. The van der Waals surface area contributed by atoms with Gasteiger partial charge in [0, 0.05) is 46.2 Å². The van der Waals surface area contributed by atoms with Gasteiger partial charge in [-0.05, 0) is 7.05 Å². The first-order chi connectivity index (χ1) is 8.49. The van der Waals surface area contributed by atoms with Gasteiger partial charge in [-0.1, -0.05) is 0 Å². The maximum absolute atomic E-state index is 12.3. The van der Waals surface area contributed by atoms with Crippen LogP contribution in [-0.4, -0.2) is 64.5 Å². The molecule has 2 heterocycles. The molecule has 18 heavy (non-hydrogen) atoms. The number of ketones is 1. The Hall–Kier alpha value is -1.69. The van der Waals surface area contributed by atoms with E-state index in [-0.39, 0.29) is 11.7 Å². The van der Waals surface area contributed by atoms with Crippen molar-refractivity contribution in [2.45, 2.75) is 6.92 Å². The zero-order valence-electron chi connectivity index (χ0n) is 11.0. The van der Waals surface area contributed by atoms with Crippen molar-refractivity contribution in [2.24, 2.45) is 7.05 Å². The molecule has 1 fully saturated rings. The van der Waals surface area contributed by atoms with E-state index in [1.807, 2.05) is 7.05 Å². The highest BCUT2D eigenvalue weighted by molar-refractivity contribution is 5.97. The number of nitrogens with zero attached hydrogens (tertiary/aromatic N) is 4. The van der Waals surface area contributed by atoms with Crippen LogP contribution in [0, 0.1) is 0 Å². The normalized spacial score (nSPS) is 16.9. The Morgan fingerprint density at radius 1 is 1.17 bits per heavy atom. The molecule has 0 spiro atoms. The van der Waals surface area contributed by atoms with Crippen molar-refractivity contribution in [3.8, 4) is 0 Å². The number of Topliss-reactive ketones (excluding diaryl/α,β-unsaturated/α-hetero) is 1. The van der Waals surface area contributed by atoms with E-state index in [9.17, 15) is 9.59 Å². The molecule has 0 aromatic carbocycles. The minimum atomic E-state index is -0.122. The number of hydrogen-bond donors (Lipinski definition) is 0. The summed E-state index contributed by atoms with van der Waals surface area (Å²) in [6.45, 7) is 4.64. The lowest BCUT2D eigenvalue weighted by Gasteiger charge is -2.32. The van der Waals surface area contributed by atoms with Gasteiger partial charge in [-0.15, -0.1) is 0 Å². The summed E-state index contributed by atoms with van der Waals surface area (Å²) in [4.78, 5) is 27.5. The topological polar surface area (TPSA) is 58.4 Å². The summed E-state index contributed by atoms with van der Waals surface area (Å²) >= 11 is 0. The number of aromatic nitrogens is 2. The van der Waals surface area contributed by atoms with E-state index in [0.29, 0.717) is 11.4 Å². The highest BCUT2D eigenvalue weighted by atomic mass is 16.2. The second-order valence-electron chi connectivity index (χ2n) is 4.69. The predicted molar refractivity (Wildman–Crippen MR) is 66.6 cm³/mol. The van der Waals surface area contributed by atoms with Gasteiger partial charge in [0.2, 0.25) is 0 Å². The fourth-order valence-corrected chi connectivity index (χ4v) is 2.01. The van der Waals surface area contributed by atoms with Crippen LogP contribution >= 0.6 is 0 Å². The van der Waals surface area contributed by atoms with Gasteiger partial charge in [-0.3, -0.25) is 14.3 Å². The highest BCUT2D eigenvalue weighted by Crippen LogP contribution is 2.10. The molecule has 98 valence electrons. The van der Waals surface area contributed by atoms with Crippen LogP contribution in [0.1, 0.15) is 27.9 Å². The molecule has 0 aliphatic carbocycles. The summed E-state index contributed by atoms with van der Waals surface area (Å²) in [5, 5.41) is 4.05. The van der Waals surface area contributed by atoms with Gasteiger partial charge in [0.15, 0.2) is 5.78 Å². The van der Waals surface area contributed by atoms with Crippen LogP contribution in [0.4, 0.5) is 0 Å². The quantitative estimate of drug-likeness (QED) is 0.694. The molecule has 1 aliphatic heterocycles. The van der Waals surface area contributed by atoms with Gasteiger partial charge in [-0.2, -0.15) is 5.10 Å². The maximum Gasteiger partial charge on any atom is 0.272 e. The Kier molecular flexibility index (Phi) is 3.47. The maximum atomic E-state index is 12.3. The third kappa shape index (κ3) is 2.43. The molecule has 2 rings (SSSR count). The third-order valence-electron chi connectivity index (χ3n) is 3.25. The molecule has 1 amide bonds. The van der Waals surface area contributed by atoms with Gasteiger partial charge in [0.25, 0.3) is 5.91 Å². The van der Waals surface area contributed by atoms with Crippen LogP contribution in [0.2, 0.25) is 0 Å². The second kappa shape index (κ2) is 4.89. The molecule has 0 bridgehead atoms. The van der Waals surface area contributed by atoms with Crippen molar-refractivity contribution in [3.63, 3.8) is 0 Å². The number of piperazine rings is 1. The fourth-order valence-electron chi connectivity index (χ4n) is 2.01. The van der Waals surface area contributed by atoms with Crippen LogP contribution < -0.4 is 0 Å². The minimum Gasteiger partial charge on any atom is -0.335 e. The van der Waals surface area contributed by atoms with Gasteiger partial charge >= 0.3 is 0 Å². The Morgan fingerprint density at radius 3 is 2.28 bits per heavy atom. The van der Waals surface area contributed by atoms with E-state index >= 15 is 0 Å². The van der Waals surface area contributed by atoms with Gasteiger partial charge in [-0.25, -0.2) is 0 Å². The molecule has 0 N–H and O–H groups in total. The van der Waals surface area contributed by atoms with Crippen LogP contribution in [0.15, 0.2) is 6.07 Å². The first kappa shape index (κ1) is 12.8. The molecule has 6 nitrogen and oxygen atoms in total. The van der Waals surface area contributed by atoms with Crippen molar-refractivity contribution >= 4 is 11.7 Å². The zero-order valence-corrected chi connectivity index (χ0v) is 11.0. The van der Waals surface area contributed by atoms with Gasteiger partial charge in [0.05, 0.1) is 0 Å². The lowest BCUT2D eigenvalue weighted by atomic mass is 10.2. The molecular formula is C12H18N4O2. The SMILES string of the molecule is CC(=O)c1cc(C(=O)N2CCN(C)CC2)n(C)n1. The number of rotatable bonds is 2. The molecule has 1 aliphatic rings. The summed E-state index contributed by atoms with van der Waals surface area (Å²) in [5.41, 5.74) is 0.819. The van der Waals surface area contributed by atoms with E-state index in [4.69, 9.17) is 0 Å². The Balaban J connectivity index is 2.16. The van der Waals surface area contributed by atoms with Crippen LogP contribution in [0.25, 0.3) is 0 Å². The highest BCUT2D eigenvalue weighted by Gasteiger charge is 2.23. The molecule has 1 saturated heterocycles. The molecule has 0 radical (unpaired) electrons. The Morgan fingerprint density at radius 2 is 1.78 bits per heavy atom. The largest absolute Gasteiger partial charge is 0.335 e. The molecule has 1 aromatic rings. The Labute approximate surface area is 106 Å². The lowest BCUT2D eigenvalue weighted by molar-refractivity contribution is 0.0653. The average molecular weight is 250 g/mol. The molecule has 0 unspecified atom stereocenters. The molecule has 1 aromatic heterocycles. The number of likely N-dealkylation sites (N-methyl/N-ethyl adjacent to an activating group) is 1. The summed E-state index contributed by atoms with van der Waals surface area (Å²) < 4.78 is 1.48.